The SMILES string of the molecule is CC1OC(CO[PH](C)=O)C(O)C1C.CC1[CH-]C(O)C(CO[PH](C)=O)O1.CP=O.CP=O.C[PH](C)=O.[CH3-].[W].[W].[W].[W].[W].[W].[W].[W].[W].[W].[Y]. The van der Waals surface area contributed by atoms with Crippen LogP contribution in [0.1, 0.15) is 20.8 Å². The van der Waals surface area contributed by atoms with Gasteiger partial charge in [-0.3, -0.25) is 24.7 Å². The van der Waals surface area contributed by atoms with Gasteiger partial charge in [0, 0.05) is 276 Å². The summed E-state index contributed by atoms with van der Waals surface area (Å²) in [5, 5.41) is 19.0. The predicted octanol–water partition coefficient (Wildman–Crippen LogP) is 4.40. The minimum absolute atomic E-state index is 0. The maximum Gasteiger partial charge on any atom is 0.188 e. The normalized spacial score (nSPS) is 23.1. The molecule has 1 radical (unpaired) electrons. The van der Waals surface area contributed by atoms with E-state index in [9.17, 15) is 23.9 Å². The Morgan fingerprint density at radius 1 is 0.681 bits per heavy atom. The summed E-state index contributed by atoms with van der Waals surface area (Å²) in [6.45, 7) is 15.7. The van der Waals surface area contributed by atoms with Crippen molar-refractivity contribution < 1.29 is 295 Å². The molecule has 9 unspecified atom stereocenters. The van der Waals surface area contributed by atoms with Gasteiger partial charge in [0.15, 0.2) is 33.0 Å². The van der Waals surface area contributed by atoms with Crippen LogP contribution in [0.4, 0.5) is 0 Å². The average Bonchev–Trinajstić information content (AvgIpc) is 3.18. The van der Waals surface area contributed by atoms with Crippen LogP contribution in [0.25, 0.3) is 0 Å². The first-order valence-corrected chi connectivity index (χ1v) is 19.4. The predicted molar refractivity (Wildman–Crippen MR) is 150 cm³/mol. The van der Waals surface area contributed by atoms with Gasteiger partial charge in [-0.05, 0) is 26.4 Å². The topological polar surface area (TPSA) is 163 Å². The van der Waals surface area contributed by atoms with Gasteiger partial charge >= 0.3 is 0 Å². The average molecular weight is 2550 g/mol. The van der Waals surface area contributed by atoms with E-state index < -0.39 is 36.1 Å². The third kappa shape index (κ3) is 69.6. The summed E-state index contributed by atoms with van der Waals surface area (Å²) in [6, 6.07) is 0. The van der Waals surface area contributed by atoms with Gasteiger partial charge in [-0.1, -0.05) is 20.0 Å². The molecule has 0 aliphatic carbocycles. The summed E-state index contributed by atoms with van der Waals surface area (Å²) in [5.74, 6) is 0.118. The molecule has 2 rings (SSSR count). The molecule has 0 saturated carbocycles. The number of rotatable bonds is 6. The fourth-order valence-electron chi connectivity index (χ4n) is 2.57. The number of aliphatic hydroxyl groups is 2. The Labute approximate surface area is 458 Å². The van der Waals surface area contributed by atoms with E-state index in [0.29, 0.717) is 0 Å². The van der Waals surface area contributed by atoms with E-state index in [1.54, 1.807) is 33.1 Å². The molecule has 9 atom stereocenters. The molecule has 0 bridgehead atoms. The third-order valence-corrected chi connectivity index (χ3v) is 5.34. The van der Waals surface area contributed by atoms with Crippen LogP contribution in [0.3, 0.4) is 0 Å². The molecule has 0 aromatic carbocycles. The van der Waals surface area contributed by atoms with E-state index in [4.69, 9.17) is 27.7 Å². The van der Waals surface area contributed by atoms with Crippen LogP contribution < -0.4 is 0 Å². The second-order valence-corrected chi connectivity index (χ2v) is 12.8. The summed E-state index contributed by atoms with van der Waals surface area (Å²) in [7, 11) is -4.63. The van der Waals surface area contributed by atoms with Gasteiger partial charge in [0.2, 0.25) is 0 Å². The van der Waals surface area contributed by atoms with E-state index in [1.807, 2.05) is 20.8 Å². The molecule has 2 saturated heterocycles. The largest absolute Gasteiger partial charge is 0.422 e. The first-order chi connectivity index (χ1) is 16.2. The Bertz CT molecular complexity index is 659. The van der Waals surface area contributed by atoms with Crippen LogP contribution >= 0.6 is 40.8 Å². The summed E-state index contributed by atoms with van der Waals surface area (Å²) in [5.41, 5.74) is 0. The van der Waals surface area contributed by atoms with Crippen molar-refractivity contribution in [2.24, 2.45) is 5.92 Å². The summed E-state index contributed by atoms with van der Waals surface area (Å²) in [6.07, 6.45) is -0.0815. The number of hydrogen-bond acceptors (Lipinski definition) is 11. The van der Waals surface area contributed by atoms with Gasteiger partial charge in [0.25, 0.3) is 0 Å². The van der Waals surface area contributed by atoms with Gasteiger partial charge in [0.1, 0.15) is 6.10 Å². The Morgan fingerprint density at radius 3 is 1.15 bits per heavy atom. The molecule has 0 aromatic rings. The molecule has 11 nitrogen and oxygen atoms in total. The van der Waals surface area contributed by atoms with Gasteiger partial charge in [0.05, 0.1) is 39.3 Å². The van der Waals surface area contributed by atoms with Crippen LogP contribution in [-0.2, 0) is 285 Å². The van der Waals surface area contributed by atoms with Gasteiger partial charge in [-0.25, -0.2) is 0 Å². The van der Waals surface area contributed by atoms with Crippen molar-refractivity contribution in [3.8, 4) is 0 Å². The molecular formula is C20H47O11P5W10Y-2. The van der Waals surface area contributed by atoms with Crippen LogP contribution in [-0.4, -0.2) is 100 Å². The monoisotopic (exact) mass is 2550 g/mol. The third-order valence-electron chi connectivity index (χ3n) is 4.19. The Hall–Kier alpha value is 8.64. The minimum Gasteiger partial charge on any atom is -0.422 e. The molecule has 0 aromatic heterocycles. The summed E-state index contributed by atoms with van der Waals surface area (Å²) in [4.78, 5) is 0. The fourth-order valence-corrected chi connectivity index (χ4v) is 3.37. The van der Waals surface area contributed by atoms with Crippen LogP contribution in [0.5, 0.6) is 0 Å². The molecule has 0 amide bonds. The molecule has 0 spiro atoms. The molecule has 2 fully saturated rings. The molecule has 47 heavy (non-hydrogen) atoms. The molecule has 2 heterocycles. The van der Waals surface area contributed by atoms with Gasteiger partial charge in [-0.15, -0.1) is 0 Å². The van der Waals surface area contributed by atoms with E-state index >= 15 is 0 Å². The van der Waals surface area contributed by atoms with E-state index in [1.165, 1.54) is 13.3 Å². The van der Waals surface area contributed by atoms with Crippen molar-refractivity contribution in [3.63, 3.8) is 0 Å². The molecule has 2 N–H and O–H groups in total. The maximum atomic E-state index is 10.7. The first-order valence-electron chi connectivity index (χ1n) is 10.9. The standard InChI is InChI=1S/C8H17O4P.C7H14O4P.C2H7OP.2CH3OP.CH3.10W.Y/c1-5-6(2)12-7(8(5)9)4-11-13(3)10;1-5-3-6(8)7(11-5)4-10-12(2)9;1-4(2)3;2*1-3-2;;;;;;;;;;;;/h5-9,13H,4H2,1-3H3;3,5-8,12H,4H2,1-2H3;4H,1-2H3;2*1H3;1H3;;;;;;;;;;;/q;-1;;;;-1;;;;;;;;;;;. The molecule has 283 valence electrons. The van der Waals surface area contributed by atoms with Crippen molar-refractivity contribution in [2.75, 3.05) is 53.2 Å². The van der Waals surface area contributed by atoms with E-state index in [2.05, 4.69) is 0 Å². The van der Waals surface area contributed by atoms with Crippen molar-refractivity contribution >= 4 is 40.8 Å². The molecule has 27 heteroatoms. The Morgan fingerprint density at radius 2 is 0.957 bits per heavy atom. The molecular weight excluding hydrogens is 2500 g/mol. The zero-order chi connectivity index (χ0) is 28.1. The molecule has 2 aliphatic rings. The van der Waals surface area contributed by atoms with Crippen LogP contribution in [0.2, 0.25) is 0 Å². The second kappa shape index (κ2) is 69.3. The number of aliphatic hydroxyl groups excluding tert-OH is 2. The van der Waals surface area contributed by atoms with E-state index in [0.717, 1.165) is 0 Å². The van der Waals surface area contributed by atoms with Crippen molar-refractivity contribution in [1.82, 2.24) is 0 Å². The van der Waals surface area contributed by atoms with Crippen LogP contribution in [0.15, 0.2) is 0 Å². The second-order valence-electron chi connectivity index (χ2n) is 7.67. The summed E-state index contributed by atoms with van der Waals surface area (Å²) >= 11 is 0. The number of hydrogen-bond donors (Lipinski definition) is 2. The summed E-state index contributed by atoms with van der Waals surface area (Å²) < 4.78 is 69.3. The maximum absolute atomic E-state index is 10.7. The minimum atomic E-state index is -1.92. The Kier molecular flexibility index (Phi) is 148. The van der Waals surface area contributed by atoms with Crippen LogP contribution in [0, 0.1) is 19.8 Å². The van der Waals surface area contributed by atoms with Gasteiger partial charge in [-0.2, -0.15) is 0 Å². The van der Waals surface area contributed by atoms with Crippen molar-refractivity contribution in [2.45, 2.75) is 57.4 Å². The van der Waals surface area contributed by atoms with Crippen molar-refractivity contribution in [1.29, 1.82) is 0 Å². The smallest absolute Gasteiger partial charge is 0.188 e. The Balaban J connectivity index is -0.0000000218. The zero-order valence-corrected chi connectivity index (χ0v) is 64.6. The quantitative estimate of drug-likeness (QED) is 0.287. The first kappa shape index (κ1) is 101. The number of ether oxygens (including phenoxy) is 2. The fraction of sp³-hybridized carbons (Fsp3) is 0.900. The van der Waals surface area contributed by atoms with Gasteiger partial charge < -0.3 is 40.7 Å². The van der Waals surface area contributed by atoms with E-state index in [-0.39, 0.29) is 311 Å². The molecule has 2 aliphatic heterocycles. The zero-order valence-electron chi connectivity index (χ0n) is 27.7. The van der Waals surface area contributed by atoms with Crippen molar-refractivity contribution in [3.05, 3.63) is 13.8 Å².